The molecule has 4 rings (SSSR count). The molecule has 3 heterocycles. The first-order valence-electron chi connectivity index (χ1n) is 10.7. The zero-order chi connectivity index (χ0) is 24.8. The predicted molar refractivity (Wildman–Crippen MR) is 124 cm³/mol. The standard InChI is InChI=1S/C22H25F2N7O2S/c1-11(30(4)20(32)19-26-10-15(34-19)22(2,3)33)6-5-7-16-27-18-13-8-12(23)9-14(24)17(13)28-21(25)31(18)29-16/h8-11,33H,5-7H2,1-4H3,(H2,25,28)/t11-/m0/s1. The Balaban J connectivity index is 1.44. The van der Waals surface area contributed by atoms with E-state index in [0.29, 0.717) is 35.0 Å². The van der Waals surface area contributed by atoms with Gasteiger partial charge < -0.3 is 15.7 Å². The van der Waals surface area contributed by atoms with E-state index >= 15 is 0 Å². The third-order valence-electron chi connectivity index (χ3n) is 5.66. The predicted octanol–water partition coefficient (Wildman–Crippen LogP) is 3.31. The van der Waals surface area contributed by atoms with E-state index in [9.17, 15) is 18.7 Å². The van der Waals surface area contributed by atoms with Crippen molar-refractivity contribution in [1.29, 1.82) is 0 Å². The molecule has 180 valence electrons. The molecule has 0 saturated carbocycles. The van der Waals surface area contributed by atoms with Gasteiger partial charge in [-0.05, 0) is 39.7 Å². The largest absolute Gasteiger partial charge is 0.385 e. The minimum absolute atomic E-state index is 0.0423. The second kappa shape index (κ2) is 8.84. The summed E-state index contributed by atoms with van der Waals surface area (Å²) >= 11 is 1.17. The summed E-state index contributed by atoms with van der Waals surface area (Å²) in [5.41, 5.74) is 5.03. The summed E-state index contributed by atoms with van der Waals surface area (Å²) in [7, 11) is 1.71. The highest BCUT2D eigenvalue weighted by molar-refractivity contribution is 7.13. The molecule has 0 spiro atoms. The first-order valence-corrected chi connectivity index (χ1v) is 11.5. The molecule has 0 bridgehead atoms. The topological polar surface area (TPSA) is 123 Å². The van der Waals surface area contributed by atoms with Crippen molar-refractivity contribution in [2.45, 2.75) is 51.7 Å². The molecule has 1 aromatic carbocycles. The van der Waals surface area contributed by atoms with Crippen molar-refractivity contribution >= 4 is 39.7 Å². The van der Waals surface area contributed by atoms with Crippen LogP contribution in [0.3, 0.4) is 0 Å². The van der Waals surface area contributed by atoms with Gasteiger partial charge in [-0.15, -0.1) is 16.4 Å². The lowest BCUT2D eigenvalue weighted by atomic mass is 10.1. The van der Waals surface area contributed by atoms with Crippen molar-refractivity contribution in [3.63, 3.8) is 0 Å². The summed E-state index contributed by atoms with van der Waals surface area (Å²) in [5, 5.41) is 14.9. The summed E-state index contributed by atoms with van der Waals surface area (Å²) in [6, 6.07) is 1.82. The molecule has 4 aromatic rings. The van der Waals surface area contributed by atoms with E-state index in [4.69, 9.17) is 5.73 Å². The highest BCUT2D eigenvalue weighted by atomic mass is 32.1. The SMILES string of the molecule is C[C@@H](CCCc1nc2c3cc(F)cc(F)c3nc(N)n2n1)N(C)C(=O)c1ncc(C(C)(C)O)s1. The number of anilines is 1. The number of carbonyl (C=O) groups is 1. The van der Waals surface area contributed by atoms with Crippen molar-refractivity contribution in [2.24, 2.45) is 0 Å². The first-order chi connectivity index (χ1) is 16.0. The van der Waals surface area contributed by atoms with Gasteiger partial charge in [-0.2, -0.15) is 4.52 Å². The molecular formula is C22H25F2N7O2S. The molecule has 0 aliphatic heterocycles. The molecule has 0 saturated heterocycles. The van der Waals surface area contributed by atoms with Crippen molar-refractivity contribution < 1.29 is 18.7 Å². The Kier molecular flexibility index (Phi) is 6.21. The van der Waals surface area contributed by atoms with E-state index in [1.165, 1.54) is 22.0 Å². The van der Waals surface area contributed by atoms with E-state index in [-0.39, 0.29) is 34.4 Å². The highest BCUT2D eigenvalue weighted by Crippen LogP contribution is 2.27. The van der Waals surface area contributed by atoms with Gasteiger partial charge in [0.25, 0.3) is 5.91 Å². The normalized spacial score (nSPS) is 13.0. The molecule has 0 unspecified atom stereocenters. The van der Waals surface area contributed by atoms with Crippen LogP contribution in [-0.2, 0) is 12.0 Å². The molecule has 1 amide bonds. The number of carbonyl (C=O) groups excluding carboxylic acids is 1. The van der Waals surface area contributed by atoms with Crippen LogP contribution in [0.4, 0.5) is 14.7 Å². The average Bonchev–Trinajstić information content (AvgIpc) is 3.41. The van der Waals surface area contributed by atoms with E-state index in [1.54, 1.807) is 25.8 Å². The van der Waals surface area contributed by atoms with Crippen LogP contribution in [0.2, 0.25) is 0 Å². The van der Waals surface area contributed by atoms with Crippen LogP contribution < -0.4 is 5.73 Å². The Morgan fingerprint density at radius 2 is 2.06 bits per heavy atom. The Morgan fingerprint density at radius 1 is 1.32 bits per heavy atom. The Labute approximate surface area is 198 Å². The summed E-state index contributed by atoms with van der Waals surface area (Å²) in [5.74, 6) is -1.35. The number of fused-ring (bicyclic) bond motifs is 3. The molecule has 3 aromatic heterocycles. The molecule has 3 N–H and O–H groups in total. The monoisotopic (exact) mass is 489 g/mol. The van der Waals surface area contributed by atoms with Crippen LogP contribution >= 0.6 is 11.3 Å². The van der Waals surface area contributed by atoms with Gasteiger partial charge in [-0.3, -0.25) is 4.79 Å². The van der Waals surface area contributed by atoms with Gasteiger partial charge in [0, 0.05) is 31.8 Å². The molecule has 0 fully saturated rings. The number of nitrogens with zero attached hydrogens (tertiary/aromatic N) is 6. The number of aromatic nitrogens is 5. The summed E-state index contributed by atoms with van der Waals surface area (Å²) in [6.45, 7) is 5.22. The lowest BCUT2D eigenvalue weighted by Crippen LogP contribution is -2.35. The molecule has 34 heavy (non-hydrogen) atoms. The first kappa shape index (κ1) is 23.9. The number of amides is 1. The molecule has 0 aliphatic carbocycles. The smallest absolute Gasteiger partial charge is 0.282 e. The Morgan fingerprint density at radius 3 is 2.74 bits per heavy atom. The molecule has 1 atom stereocenters. The maximum Gasteiger partial charge on any atom is 0.282 e. The van der Waals surface area contributed by atoms with E-state index in [1.807, 2.05) is 6.92 Å². The summed E-state index contributed by atoms with van der Waals surface area (Å²) < 4.78 is 29.1. The summed E-state index contributed by atoms with van der Waals surface area (Å²) in [4.78, 5) is 27.6. The second-order valence-electron chi connectivity index (χ2n) is 8.76. The third kappa shape index (κ3) is 4.55. The van der Waals surface area contributed by atoms with Gasteiger partial charge in [0.05, 0.1) is 15.9 Å². The van der Waals surface area contributed by atoms with Crippen LogP contribution in [-0.4, -0.2) is 53.6 Å². The number of nitrogens with two attached hydrogens (primary N) is 1. The third-order valence-corrected chi connectivity index (χ3v) is 6.96. The van der Waals surface area contributed by atoms with Crippen molar-refractivity contribution in [3.05, 3.63) is 45.7 Å². The number of halogens is 2. The van der Waals surface area contributed by atoms with Gasteiger partial charge >= 0.3 is 0 Å². The second-order valence-corrected chi connectivity index (χ2v) is 9.79. The molecule has 9 nitrogen and oxygen atoms in total. The number of rotatable bonds is 7. The van der Waals surface area contributed by atoms with Crippen molar-refractivity contribution in [3.8, 4) is 0 Å². The van der Waals surface area contributed by atoms with Crippen LogP contribution in [0.15, 0.2) is 18.3 Å². The maximum absolute atomic E-state index is 14.1. The van der Waals surface area contributed by atoms with Crippen LogP contribution in [0.1, 0.15) is 54.1 Å². The maximum atomic E-state index is 14.1. The van der Waals surface area contributed by atoms with E-state index in [2.05, 4.69) is 20.1 Å². The van der Waals surface area contributed by atoms with Crippen molar-refractivity contribution in [2.75, 3.05) is 12.8 Å². The number of benzene rings is 1. The number of hydrogen-bond donors (Lipinski definition) is 2. The number of hydrogen-bond acceptors (Lipinski definition) is 8. The fraction of sp³-hybridized carbons (Fsp3) is 0.409. The van der Waals surface area contributed by atoms with Crippen LogP contribution in [0, 0.1) is 11.6 Å². The van der Waals surface area contributed by atoms with E-state index in [0.717, 1.165) is 12.1 Å². The number of thiazole rings is 1. The van der Waals surface area contributed by atoms with Gasteiger partial charge in [-0.25, -0.2) is 23.7 Å². The molecule has 12 heteroatoms. The van der Waals surface area contributed by atoms with Gasteiger partial charge in [-0.1, -0.05) is 0 Å². The van der Waals surface area contributed by atoms with Crippen LogP contribution in [0.5, 0.6) is 0 Å². The minimum atomic E-state index is -1.05. The average molecular weight is 490 g/mol. The Bertz CT molecular complexity index is 1380. The van der Waals surface area contributed by atoms with Gasteiger partial charge in [0.1, 0.15) is 11.3 Å². The summed E-state index contributed by atoms with van der Waals surface area (Å²) in [6.07, 6.45) is 3.33. The van der Waals surface area contributed by atoms with Gasteiger partial charge in [0.15, 0.2) is 22.3 Å². The van der Waals surface area contributed by atoms with Crippen LogP contribution in [0.25, 0.3) is 16.6 Å². The van der Waals surface area contributed by atoms with Crippen molar-refractivity contribution in [1.82, 2.24) is 29.5 Å². The number of nitrogen functional groups attached to an aromatic ring is 1. The lowest BCUT2D eigenvalue weighted by molar-refractivity contribution is 0.0735. The zero-order valence-electron chi connectivity index (χ0n) is 19.2. The minimum Gasteiger partial charge on any atom is -0.385 e. The fourth-order valence-electron chi connectivity index (χ4n) is 3.56. The molecular weight excluding hydrogens is 464 g/mol. The number of aliphatic hydroxyl groups is 1. The fourth-order valence-corrected chi connectivity index (χ4v) is 4.46. The Hall–Kier alpha value is -3.25. The highest BCUT2D eigenvalue weighted by Gasteiger charge is 2.25. The van der Waals surface area contributed by atoms with Gasteiger partial charge in [0.2, 0.25) is 5.95 Å². The van der Waals surface area contributed by atoms with E-state index < -0.39 is 17.2 Å². The zero-order valence-corrected chi connectivity index (χ0v) is 20.0. The molecule has 0 radical (unpaired) electrons. The quantitative estimate of drug-likeness (QED) is 0.408. The number of aryl methyl sites for hydroxylation is 1. The molecule has 0 aliphatic rings. The lowest BCUT2D eigenvalue weighted by Gasteiger charge is -2.24.